The predicted octanol–water partition coefficient (Wildman–Crippen LogP) is 0.470. The van der Waals surface area contributed by atoms with Gasteiger partial charge in [0, 0.05) is 11.4 Å². The Morgan fingerprint density at radius 3 is 3.00 bits per heavy atom. The second-order valence-corrected chi connectivity index (χ2v) is 9.27. The molecule has 1 aromatic heterocycles. The normalized spacial score (nSPS) is 33.4. The Hall–Kier alpha value is -2.33. The minimum atomic E-state index is -1.12. The monoisotopic (exact) mass is 407 g/mol. The lowest BCUT2D eigenvalue weighted by Gasteiger charge is -2.45. The van der Waals surface area contributed by atoms with Crippen LogP contribution in [0.25, 0.3) is 11.0 Å². The van der Waals surface area contributed by atoms with Crippen molar-refractivity contribution < 1.29 is 19.5 Å². The summed E-state index contributed by atoms with van der Waals surface area (Å²) in [5.74, 6) is -1.71. The number of aliphatic carboxylic acids is 1. The molecule has 2 aliphatic heterocycles. The highest BCUT2D eigenvalue weighted by molar-refractivity contribution is 8.02. The number of carbonyl (C=O) groups excluding carboxylic acids is 2. The minimum absolute atomic E-state index is 0.0966. The van der Waals surface area contributed by atoms with Gasteiger partial charge in [-0.15, -0.1) is 16.9 Å². The molecule has 3 unspecified atom stereocenters. The molecule has 0 spiro atoms. The number of amides is 2. The van der Waals surface area contributed by atoms with Gasteiger partial charge in [0.15, 0.2) is 5.54 Å². The molecule has 0 bridgehead atoms. The summed E-state index contributed by atoms with van der Waals surface area (Å²) in [6.07, 6.45) is 0.441. The molecule has 1 saturated carbocycles. The maximum absolute atomic E-state index is 12.5. The Balaban J connectivity index is 1.30. The van der Waals surface area contributed by atoms with Crippen molar-refractivity contribution in [3.63, 3.8) is 0 Å². The number of nitrogens with one attached hydrogen (secondary N) is 1. The zero-order valence-electron chi connectivity index (χ0n) is 14.0. The van der Waals surface area contributed by atoms with E-state index in [1.165, 1.54) is 21.3 Å². The number of β-lactam (4-membered cyclic amide) rings is 1. The molecule has 3 heterocycles. The van der Waals surface area contributed by atoms with Crippen molar-refractivity contribution in [1.82, 2.24) is 25.2 Å². The molecule has 2 amide bonds. The molecular weight excluding hydrogens is 394 g/mol. The fourth-order valence-electron chi connectivity index (χ4n) is 4.13. The highest BCUT2D eigenvalue weighted by Crippen LogP contribution is 2.71. The summed E-state index contributed by atoms with van der Waals surface area (Å²) in [5, 5.41) is 20.4. The minimum Gasteiger partial charge on any atom is -0.479 e. The van der Waals surface area contributed by atoms with E-state index in [0.717, 1.165) is 0 Å². The number of aromatic nitrogens is 3. The van der Waals surface area contributed by atoms with E-state index >= 15 is 0 Å². The van der Waals surface area contributed by atoms with Gasteiger partial charge < -0.3 is 15.3 Å². The standard InChI is InChI=1S/C16H14ClN5O4S/c1-15-6-16(15,14(25)26)22-12(24)11(13(22)27-15)18-10(23)5-21-9-3-2-7(17)4-8(9)19-20-21/h2-4,11,13H,5-6H2,1H3,(H,18,23)(H,25,26)/t11?,13-,15?,16?/m1/s1. The van der Waals surface area contributed by atoms with Gasteiger partial charge in [0.25, 0.3) is 0 Å². The molecule has 2 N–H and O–H groups in total. The number of fused-ring (bicyclic) bond motifs is 4. The summed E-state index contributed by atoms with van der Waals surface area (Å²) in [7, 11) is 0. The van der Waals surface area contributed by atoms with Gasteiger partial charge in [-0.3, -0.25) is 9.59 Å². The number of hydrogen-bond donors (Lipinski definition) is 2. The van der Waals surface area contributed by atoms with Crippen LogP contribution in [0.3, 0.4) is 0 Å². The smallest absolute Gasteiger partial charge is 0.331 e. The van der Waals surface area contributed by atoms with Gasteiger partial charge >= 0.3 is 5.97 Å². The van der Waals surface area contributed by atoms with Crippen molar-refractivity contribution >= 4 is 52.2 Å². The largest absolute Gasteiger partial charge is 0.479 e. The van der Waals surface area contributed by atoms with E-state index in [1.807, 2.05) is 6.92 Å². The van der Waals surface area contributed by atoms with E-state index in [1.54, 1.807) is 18.2 Å². The first-order valence-corrected chi connectivity index (χ1v) is 9.55. The average Bonchev–Trinajstić information content (AvgIpc) is 2.92. The second kappa shape index (κ2) is 5.14. The summed E-state index contributed by atoms with van der Waals surface area (Å²) in [6.45, 7) is 1.75. The molecule has 4 atom stereocenters. The molecule has 11 heteroatoms. The topological polar surface area (TPSA) is 117 Å². The summed E-state index contributed by atoms with van der Waals surface area (Å²) >= 11 is 7.36. The summed E-state index contributed by atoms with van der Waals surface area (Å²) in [4.78, 5) is 38.0. The van der Waals surface area contributed by atoms with E-state index in [-0.39, 0.29) is 23.7 Å². The van der Waals surface area contributed by atoms with Crippen LogP contribution >= 0.6 is 23.4 Å². The Bertz CT molecular complexity index is 1040. The quantitative estimate of drug-likeness (QED) is 0.707. The van der Waals surface area contributed by atoms with Crippen LogP contribution in [-0.2, 0) is 20.9 Å². The van der Waals surface area contributed by atoms with E-state index < -0.39 is 22.3 Å². The van der Waals surface area contributed by atoms with E-state index in [4.69, 9.17) is 11.6 Å². The van der Waals surface area contributed by atoms with Crippen molar-refractivity contribution in [2.45, 2.75) is 41.6 Å². The Labute approximate surface area is 162 Å². The number of nitrogens with zero attached hydrogens (tertiary/aromatic N) is 4. The molecule has 1 aromatic carbocycles. The zero-order valence-corrected chi connectivity index (χ0v) is 15.6. The van der Waals surface area contributed by atoms with Crippen molar-refractivity contribution in [1.29, 1.82) is 0 Å². The molecule has 0 radical (unpaired) electrons. The van der Waals surface area contributed by atoms with Gasteiger partial charge in [-0.05, 0) is 25.1 Å². The molecule has 9 nitrogen and oxygen atoms in total. The number of halogens is 1. The molecule has 5 rings (SSSR count). The summed E-state index contributed by atoms with van der Waals surface area (Å²) in [5.41, 5.74) is 0.107. The van der Waals surface area contributed by atoms with Crippen LogP contribution in [0, 0.1) is 0 Å². The van der Waals surface area contributed by atoms with Gasteiger partial charge in [-0.2, -0.15) is 0 Å². The van der Waals surface area contributed by atoms with Gasteiger partial charge in [0.05, 0.1) is 10.3 Å². The number of hydrogen-bond acceptors (Lipinski definition) is 6. The molecule has 3 aliphatic rings. The fraction of sp³-hybridized carbons (Fsp3) is 0.438. The fourth-order valence-corrected chi connectivity index (χ4v) is 6.22. The van der Waals surface area contributed by atoms with Gasteiger partial charge in [0.2, 0.25) is 11.8 Å². The number of carboxylic acid groups (broad SMARTS) is 1. The van der Waals surface area contributed by atoms with Gasteiger partial charge in [-0.1, -0.05) is 16.8 Å². The zero-order chi connectivity index (χ0) is 19.1. The molecule has 2 aromatic rings. The molecule has 2 saturated heterocycles. The van der Waals surface area contributed by atoms with Crippen LogP contribution in [0.4, 0.5) is 0 Å². The highest BCUT2D eigenvalue weighted by atomic mass is 35.5. The lowest BCUT2D eigenvalue weighted by Crippen LogP contribution is -2.72. The first-order valence-electron chi connectivity index (χ1n) is 8.29. The predicted molar refractivity (Wildman–Crippen MR) is 96.1 cm³/mol. The lowest BCUT2D eigenvalue weighted by atomic mass is 10.0. The number of rotatable bonds is 4. The average molecular weight is 408 g/mol. The molecule has 27 heavy (non-hydrogen) atoms. The van der Waals surface area contributed by atoms with E-state index in [0.29, 0.717) is 22.5 Å². The number of thioether (sulfide) groups is 1. The van der Waals surface area contributed by atoms with Crippen LogP contribution in [0.2, 0.25) is 5.02 Å². The molecule has 140 valence electrons. The first-order chi connectivity index (χ1) is 12.8. The third kappa shape index (κ3) is 2.05. The lowest BCUT2D eigenvalue weighted by molar-refractivity contribution is -0.163. The Morgan fingerprint density at radius 1 is 1.48 bits per heavy atom. The molecule has 1 aliphatic carbocycles. The maximum atomic E-state index is 12.5. The Kier molecular flexibility index (Phi) is 3.20. The van der Waals surface area contributed by atoms with Crippen molar-refractivity contribution in [3.8, 4) is 0 Å². The van der Waals surface area contributed by atoms with Crippen LogP contribution in [-0.4, -0.2) is 64.5 Å². The maximum Gasteiger partial charge on any atom is 0.331 e. The van der Waals surface area contributed by atoms with Crippen LogP contribution in [0.1, 0.15) is 13.3 Å². The SMILES string of the molecule is CC12CC1(C(=O)O)N1C(=O)C(NC(=O)Cn3nnc4cc(Cl)ccc43)[C@H]1S2. The molecular formula is C16H14ClN5O4S. The van der Waals surface area contributed by atoms with Crippen molar-refractivity contribution in [3.05, 3.63) is 23.2 Å². The summed E-state index contributed by atoms with van der Waals surface area (Å²) < 4.78 is 0.946. The van der Waals surface area contributed by atoms with E-state index in [9.17, 15) is 19.5 Å². The van der Waals surface area contributed by atoms with Crippen LogP contribution < -0.4 is 5.32 Å². The third-order valence-electron chi connectivity index (χ3n) is 5.62. The van der Waals surface area contributed by atoms with Crippen molar-refractivity contribution in [2.24, 2.45) is 0 Å². The first kappa shape index (κ1) is 16.8. The summed E-state index contributed by atoms with van der Waals surface area (Å²) in [6, 6.07) is 4.34. The van der Waals surface area contributed by atoms with Crippen LogP contribution in [0.15, 0.2) is 18.2 Å². The number of benzene rings is 1. The number of carbonyl (C=O) groups is 3. The van der Waals surface area contributed by atoms with E-state index in [2.05, 4.69) is 15.6 Å². The number of carboxylic acids is 1. The molecule has 3 fully saturated rings. The highest BCUT2D eigenvalue weighted by Gasteiger charge is 2.85. The van der Waals surface area contributed by atoms with Gasteiger partial charge in [-0.25, -0.2) is 9.48 Å². The van der Waals surface area contributed by atoms with Crippen LogP contribution in [0.5, 0.6) is 0 Å². The second-order valence-electron chi connectivity index (χ2n) is 7.22. The van der Waals surface area contributed by atoms with Crippen molar-refractivity contribution in [2.75, 3.05) is 0 Å². The third-order valence-corrected chi connectivity index (χ3v) is 7.58. The van der Waals surface area contributed by atoms with Gasteiger partial charge in [0.1, 0.15) is 23.5 Å². The Morgan fingerprint density at radius 2 is 2.26 bits per heavy atom.